The second-order valence-electron chi connectivity index (χ2n) is 4.53. The van der Waals surface area contributed by atoms with Crippen molar-refractivity contribution >= 4 is 11.8 Å². The summed E-state index contributed by atoms with van der Waals surface area (Å²) in [6.45, 7) is 2.06. The lowest BCUT2D eigenvalue weighted by Crippen LogP contribution is -1.84. The first-order valence-corrected chi connectivity index (χ1v) is 7.34. The van der Waals surface area contributed by atoms with E-state index < -0.39 is 0 Å². The topological polar surface area (TPSA) is 78.5 Å². The summed E-state index contributed by atoms with van der Waals surface area (Å²) < 4.78 is 5.20. The molecule has 0 aliphatic carbocycles. The Morgan fingerprint density at radius 3 is 2.86 bits per heavy atom. The molecule has 0 aliphatic heterocycles. The standard InChI is InChI=1S/C15H12N4OS/c1-10-2-4-12(5-3-10)21-9-14-18-15(20-19-14)13-6-11(7-16)8-17-13/h2-6,8,17H,9H2,1H3. The number of nitrogens with zero attached hydrogens (tertiary/aromatic N) is 3. The minimum Gasteiger partial charge on any atom is -0.356 e. The zero-order valence-corrected chi connectivity index (χ0v) is 12.1. The van der Waals surface area contributed by atoms with Crippen LogP contribution in [0, 0.1) is 18.3 Å². The fourth-order valence-corrected chi connectivity index (χ4v) is 2.53. The molecule has 0 saturated heterocycles. The highest BCUT2D eigenvalue weighted by atomic mass is 32.2. The quantitative estimate of drug-likeness (QED) is 0.745. The molecule has 21 heavy (non-hydrogen) atoms. The van der Waals surface area contributed by atoms with Gasteiger partial charge in [0.15, 0.2) is 5.82 Å². The van der Waals surface area contributed by atoms with Gasteiger partial charge in [0.25, 0.3) is 5.89 Å². The van der Waals surface area contributed by atoms with Gasteiger partial charge in [-0.2, -0.15) is 10.2 Å². The van der Waals surface area contributed by atoms with Crippen LogP contribution < -0.4 is 0 Å². The van der Waals surface area contributed by atoms with E-state index in [-0.39, 0.29) is 0 Å². The number of benzene rings is 1. The minimum absolute atomic E-state index is 0.399. The van der Waals surface area contributed by atoms with Crippen LogP contribution in [0.3, 0.4) is 0 Å². The third-order valence-electron chi connectivity index (χ3n) is 2.90. The molecule has 3 aromatic rings. The van der Waals surface area contributed by atoms with E-state index in [1.54, 1.807) is 24.0 Å². The van der Waals surface area contributed by atoms with E-state index >= 15 is 0 Å². The van der Waals surface area contributed by atoms with Crippen LogP contribution in [0.5, 0.6) is 0 Å². The molecule has 0 spiro atoms. The van der Waals surface area contributed by atoms with Gasteiger partial charge in [-0.15, -0.1) is 11.8 Å². The van der Waals surface area contributed by atoms with Crippen LogP contribution >= 0.6 is 11.8 Å². The molecule has 0 amide bonds. The molecule has 3 rings (SSSR count). The summed E-state index contributed by atoms with van der Waals surface area (Å²) in [7, 11) is 0. The highest BCUT2D eigenvalue weighted by molar-refractivity contribution is 7.98. The van der Waals surface area contributed by atoms with Crippen molar-refractivity contribution in [3.63, 3.8) is 0 Å². The SMILES string of the molecule is Cc1ccc(SCc2noc(-c3cc(C#N)c[nH]3)n2)cc1. The highest BCUT2D eigenvalue weighted by Gasteiger charge is 2.11. The van der Waals surface area contributed by atoms with E-state index in [0.717, 1.165) is 0 Å². The summed E-state index contributed by atoms with van der Waals surface area (Å²) in [4.78, 5) is 8.43. The fourth-order valence-electron chi connectivity index (χ4n) is 1.79. The lowest BCUT2D eigenvalue weighted by molar-refractivity contribution is 0.424. The minimum atomic E-state index is 0.399. The van der Waals surface area contributed by atoms with Gasteiger partial charge in [0.1, 0.15) is 11.8 Å². The Morgan fingerprint density at radius 1 is 1.33 bits per heavy atom. The molecule has 5 nitrogen and oxygen atoms in total. The molecule has 1 N–H and O–H groups in total. The number of aryl methyl sites for hydroxylation is 1. The Hall–Kier alpha value is -2.52. The summed E-state index contributed by atoms with van der Waals surface area (Å²) in [5.41, 5.74) is 2.44. The Labute approximate surface area is 126 Å². The average Bonchev–Trinajstić information content (AvgIpc) is 3.15. The summed E-state index contributed by atoms with van der Waals surface area (Å²) >= 11 is 1.65. The smallest absolute Gasteiger partial charge is 0.274 e. The van der Waals surface area contributed by atoms with E-state index in [1.807, 2.05) is 6.07 Å². The zero-order valence-electron chi connectivity index (χ0n) is 11.3. The molecule has 0 atom stereocenters. The van der Waals surface area contributed by atoms with E-state index in [0.29, 0.717) is 28.7 Å². The third kappa shape index (κ3) is 3.15. The number of aromatic amines is 1. The number of H-pyrrole nitrogens is 1. The second-order valence-corrected chi connectivity index (χ2v) is 5.58. The van der Waals surface area contributed by atoms with Crippen molar-refractivity contribution in [1.29, 1.82) is 5.26 Å². The van der Waals surface area contributed by atoms with Gasteiger partial charge >= 0.3 is 0 Å². The molecule has 6 heteroatoms. The van der Waals surface area contributed by atoms with Crippen LogP contribution in [0.15, 0.2) is 45.9 Å². The molecule has 0 aliphatic rings. The lowest BCUT2D eigenvalue weighted by Gasteiger charge is -1.98. The normalized spacial score (nSPS) is 10.5. The molecule has 1 aromatic carbocycles. The summed E-state index contributed by atoms with van der Waals surface area (Å²) in [5.74, 6) is 1.66. The van der Waals surface area contributed by atoms with E-state index in [1.165, 1.54) is 10.5 Å². The van der Waals surface area contributed by atoms with Crippen molar-refractivity contribution in [3.05, 3.63) is 53.5 Å². The first kappa shape index (κ1) is 13.5. The van der Waals surface area contributed by atoms with E-state index in [2.05, 4.69) is 46.3 Å². The van der Waals surface area contributed by atoms with E-state index in [9.17, 15) is 0 Å². The second kappa shape index (κ2) is 5.85. The molecular weight excluding hydrogens is 284 g/mol. The number of hydrogen-bond acceptors (Lipinski definition) is 5. The molecule has 2 aromatic heterocycles. The summed E-state index contributed by atoms with van der Waals surface area (Å²) in [6.07, 6.45) is 1.61. The number of hydrogen-bond donors (Lipinski definition) is 1. The Bertz CT molecular complexity index is 783. The summed E-state index contributed by atoms with van der Waals surface area (Å²) in [5, 5.41) is 12.7. The summed E-state index contributed by atoms with van der Waals surface area (Å²) in [6, 6.07) is 12.0. The average molecular weight is 296 g/mol. The molecule has 0 unspecified atom stereocenters. The van der Waals surface area contributed by atoms with Crippen molar-refractivity contribution < 1.29 is 4.52 Å². The first-order valence-electron chi connectivity index (χ1n) is 6.35. The first-order chi connectivity index (χ1) is 10.2. The maximum atomic E-state index is 8.79. The fraction of sp³-hybridized carbons (Fsp3) is 0.133. The van der Waals surface area contributed by atoms with Gasteiger partial charge in [-0.25, -0.2) is 0 Å². The molecule has 104 valence electrons. The van der Waals surface area contributed by atoms with Crippen LogP contribution in [-0.2, 0) is 5.75 Å². The number of nitrogens with one attached hydrogen (secondary N) is 1. The predicted octanol–water partition coefficient (Wildman–Crippen LogP) is 3.54. The third-order valence-corrected chi connectivity index (χ3v) is 3.91. The Balaban J connectivity index is 1.68. The van der Waals surface area contributed by atoms with Gasteiger partial charge in [0, 0.05) is 11.1 Å². The van der Waals surface area contributed by atoms with Gasteiger partial charge in [-0.1, -0.05) is 22.9 Å². The maximum absolute atomic E-state index is 8.79. The van der Waals surface area contributed by atoms with Crippen molar-refractivity contribution in [2.24, 2.45) is 0 Å². The van der Waals surface area contributed by atoms with E-state index in [4.69, 9.17) is 9.78 Å². The van der Waals surface area contributed by atoms with Gasteiger partial charge in [0.2, 0.25) is 0 Å². The zero-order chi connectivity index (χ0) is 14.7. The Morgan fingerprint density at radius 2 is 2.14 bits per heavy atom. The largest absolute Gasteiger partial charge is 0.356 e. The van der Waals surface area contributed by atoms with Gasteiger partial charge in [-0.3, -0.25) is 0 Å². The molecule has 0 saturated carbocycles. The van der Waals surface area contributed by atoms with Crippen molar-refractivity contribution in [2.75, 3.05) is 0 Å². The van der Waals surface area contributed by atoms with Crippen molar-refractivity contribution in [1.82, 2.24) is 15.1 Å². The molecule has 0 radical (unpaired) electrons. The van der Waals surface area contributed by atoms with Crippen molar-refractivity contribution in [2.45, 2.75) is 17.6 Å². The van der Waals surface area contributed by atoms with Gasteiger partial charge in [-0.05, 0) is 25.1 Å². The lowest BCUT2D eigenvalue weighted by atomic mass is 10.2. The van der Waals surface area contributed by atoms with Crippen LogP contribution in [0.1, 0.15) is 17.0 Å². The number of nitriles is 1. The van der Waals surface area contributed by atoms with Crippen LogP contribution in [-0.4, -0.2) is 15.1 Å². The van der Waals surface area contributed by atoms with Crippen LogP contribution in [0.25, 0.3) is 11.6 Å². The molecule has 0 fully saturated rings. The van der Waals surface area contributed by atoms with Gasteiger partial charge < -0.3 is 9.51 Å². The molecule has 0 bridgehead atoms. The van der Waals surface area contributed by atoms with Gasteiger partial charge in [0.05, 0.1) is 11.3 Å². The monoisotopic (exact) mass is 296 g/mol. The molecular formula is C15H12N4OS. The highest BCUT2D eigenvalue weighted by Crippen LogP contribution is 2.23. The number of thioether (sulfide) groups is 1. The Kier molecular flexibility index (Phi) is 3.75. The van der Waals surface area contributed by atoms with Crippen LogP contribution in [0.2, 0.25) is 0 Å². The maximum Gasteiger partial charge on any atom is 0.274 e. The number of rotatable bonds is 4. The molecule has 2 heterocycles. The number of aromatic nitrogens is 3. The van der Waals surface area contributed by atoms with Crippen molar-refractivity contribution in [3.8, 4) is 17.7 Å². The predicted molar refractivity (Wildman–Crippen MR) is 79.5 cm³/mol. The van der Waals surface area contributed by atoms with Crippen LogP contribution in [0.4, 0.5) is 0 Å².